The fraction of sp³-hybridized carbons (Fsp3) is 0.231. The van der Waals surface area contributed by atoms with Crippen LogP contribution in [0.1, 0.15) is 15.9 Å². The lowest BCUT2D eigenvalue weighted by atomic mass is 10.1. The molecule has 1 N–H and O–H groups in total. The number of halogens is 1. The van der Waals surface area contributed by atoms with Gasteiger partial charge in [0, 0.05) is 32.4 Å². The molecule has 0 unspecified atom stereocenters. The number of aryl methyl sites for hydroxylation is 1. The van der Waals surface area contributed by atoms with E-state index in [0.29, 0.717) is 6.54 Å². The minimum absolute atomic E-state index is 0.0496. The molecule has 1 aromatic carbocycles. The number of carboxylic acid groups (broad SMARTS) is 1. The van der Waals surface area contributed by atoms with Crippen molar-refractivity contribution < 1.29 is 14.3 Å². The molecule has 0 amide bonds. The standard InChI is InChI=1S/C13H14FN3O2/c1-16(7-9-6-15-17(2)8-9)12-10(13(18)19)4-3-5-11(12)14/h3-6,8H,7H2,1-2H3,(H,18,19). The number of aromatic nitrogens is 2. The van der Waals surface area contributed by atoms with Crippen LogP contribution < -0.4 is 4.90 Å². The molecule has 0 atom stereocenters. The number of benzene rings is 1. The van der Waals surface area contributed by atoms with Gasteiger partial charge in [0.25, 0.3) is 0 Å². The van der Waals surface area contributed by atoms with Crippen molar-refractivity contribution in [1.29, 1.82) is 0 Å². The maximum Gasteiger partial charge on any atom is 0.337 e. The Kier molecular flexibility index (Phi) is 3.50. The van der Waals surface area contributed by atoms with Gasteiger partial charge in [-0.2, -0.15) is 5.10 Å². The number of aromatic carboxylic acids is 1. The second-order valence-electron chi connectivity index (χ2n) is 4.32. The number of hydrogen-bond acceptors (Lipinski definition) is 3. The minimum atomic E-state index is -1.15. The SMILES string of the molecule is CN(Cc1cnn(C)c1)c1c(F)cccc1C(=O)O. The summed E-state index contributed by atoms with van der Waals surface area (Å²) in [6.07, 6.45) is 3.47. The summed E-state index contributed by atoms with van der Waals surface area (Å²) in [5.74, 6) is -1.70. The number of carbonyl (C=O) groups is 1. The lowest BCUT2D eigenvalue weighted by Gasteiger charge is -2.21. The van der Waals surface area contributed by atoms with E-state index in [-0.39, 0.29) is 11.3 Å². The van der Waals surface area contributed by atoms with Crippen molar-refractivity contribution in [3.63, 3.8) is 0 Å². The van der Waals surface area contributed by atoms with E-state index in [1.165, 1.54) is 18.2 Å². The van der Waals surface area contributed by atoms with Gasteiger partial charge in [-0.3, -0.25) is 4.68 Å². The van der Waals surface area contributed by atoms with E-state index in [2.05, 4.69) is 5.10 Å². The van der Waals surface area contributed by atoms with Gasteiger partial charge < -0.3 is 10.0 Å². The lowest BCUT2D eigenvalue weighted by molar-refractivity contribution is 0.0697. The Bertz CT molecular complexity index is 610. The van der Waals surface area contributed by atoms with Gasteiger partial charge in [-0.15, -0.1) is 0 Å². The first kappa shape index (κ1) is 13.1. The summed E-state index contributed by atoms with van der Waals surface area (Å²) in [7, 11) is 3.44. The Balaban J connectivity index is 2.32. The van der Waals surface area contributed by atoms with E-state index in [1.807, 2.05) is 0 Å². The van der Waals surface area contributed by atoms with Crippen molar-refractivity contribution in [2.24, 2.45) is 7.05 Å². The molecule has 6 heteroatoms. The number of hydrogen-bond donors (Lipinski definition) is 1. The van der Waals surface area contributed by atoms with Crippen LogP contribution in [0.2, 0.25) is 0 Å². The second kappa shape index (κ2) is 5.09. The van der Waals surface area contributed by atoms with Crippen LogP contribution in [0.15, 0.2) is 30.6 Å². The highest BCUT2D eigenvalue weighted by Gasteiger charge is 2.18. The van der Waals surface area contributed by atoms with E-state index in [1.54, 1.807) is 36.1 Å². The van der Waals surface area contributed by atoms with E-state index in [4.69, 9.17) is 5.11 Å². The number of anilines is 1. The quantitative estimate of drug-likeness (QED) is 0.915. The van der Waals surface area contributed by atoms with Gasteiger partial charge in [-0.25, -0.2) is 9.18 Å². The zero-order valence-corrected chi connectivity index (χ0v) is 10.7. The Morgan fingerprint density at radius 3 is 2.84 bits per heavy atom. The predicted molar refractivity (Wildman–Crippen MR) is 68.7 cm³/mol. The molecule has 100 valence electrons. The first-order valence-electron chi connectivity index (χ1n) is 5.69. The fourth-order valence-electron chi connectivity index (χ4n) is 1.98. The number of rotatable bonds is 4. The zero-order chi connectivity index (χ0) is 14.0. The van der Waals surface area contributed by atoms with Gasteiger partial charge >= 0.3 is 5.97 Å². The van der Waals surface area contributed by atoms with Gasteiger partial charge in [-0.1, -0.05) is 6.07 Å². The van der Waals surface area contributed by atoms with Crippen molar-refractivity contribution in [3.8, 4) is 0 Å². The third-order valence-electron chi connectivity index (χ3n) is 2.78. The summed E-state index contributed by atoms with van der Waals surface area (Å²) < 4.78 is 15.5. The molecule has 0 aliphatic heterocycles. The topological polar surface area (TPSA) is 58.4 Å². The summed E-state index contributed by atoms with van der Waals surface area (Å²) in [4.78, 5) is 12.7. The maximum atomic E-state index is 13.8. The lowest BCUT2D eigenvalue weighted by Crippen LogP contribution is -2.20. The highest BCUT2D eigenvalue weighted by atomic mass is 19.1. The molecule has 2 aromatic rings. The molecule has 1 heterocycles. The van der Waals surface area contributed by atoms with Crippen LogP contribution in [0.4, 0.5) is 10.1 Å². The van der Waals surface area contributed by atoms with E-state index >= 15 is 0 Å². The number of nitrogens with zero attached hydrogens (tertiary/aromatic N) is 3. The molecule has 19 heavy (non-hydrogen) atoms. The third-order valence-corrected chi connectivity index (χ3v) is 2.78. The Hall–Kier alpha value is -2.37. The molecular weight excluding hydrogens is 249 g/mol. The molecule has 0 aliphatic rings. The van der Waals surface area contributed by atoms with Crippen molar-refractivity contribution in [2.75, 3.05) is 11.9 Å². The van der Waals surface area contributed by atoms with Gasteiger partial charge in [-0.05, 0) is 12.1 Å². The fourth-order valence-corrected chi connectivity index (χ4v) is 1.98. The molecular formula is C13H14FN3O2. The van der Waals surface area contributed by atoms with Gasteiger partial charge in [0.1, 0.15) is 5.82 Å². The van der Waals surface area contributed by atoms with E-state index < -0.39 is 11.8 Å². The van der Waals surface area contributed by atoms with Crippen LogP contribution in [-0.2, 0) is 13.6 Å². The summed E-state index contributed by atoms with van der Waals surface area (Å²) in [5, 5.41) is 13.1. The summed E-state index contributed by atoms with van der Waals surface area (Å²) in [6, 6.07) is 4.03. The normalized spacial score (nSPS) is 10.5. The predicted octanol–water partition coefficient (Wildman–Crippen LogP) is 1.89. The molecule has 1 aromatic heterocycles. The molecule has 0 aliphatic carbocycles. The van der Waals surface area contributed by atoms with Gasteiger partial charge in [0.2, 0.25) is 0 Å². The van der Waals surface area contributed by atoms with Crippen LogP contribution in [0.5, 0.6) is 0 Å². The van der Waals surface area contributed by atoms with Crippen molar-refractivity contribution >= 4 is 11.7 Å². The van der Waals surface area contributed by atoms with Crippen molar-refractivity contribution in [2.45, 2.75) is 6.54 Å². The van der Waals surface area contributed by atoms with E-state index in [9.17, 15) is 9.18 Å². The average molecular weight is 263 g/mol. The maximum absolute atomic E-state index is 13.8. The molecule has 0 bridgehead atoms. The van der Waals surface area contributed by atoms with Gasteiger partial charge in [0.15, 0.2) is 0 Å². The smallest absolute Gasteiger partial charge is 0.337 e. The van der Waals surface area contributed by atoms with Crippen LogP contribution >= 0.6 is 0 Å². The van der Waals surface area contributed by atoms with E-state index in [0.717, 1.165) is 5.56 Å². The van der Waals surface area contributed by atoms with Gasteiger partial charge in [0.05, 0.1) is 17.4 Å². The highest BCUT2D eigenvalue weighted by molar-refractivity contribution is 5.94. The average Bonchev–Trinajstić information content (AvgIpc) is 2.74. The molecule has 0 saturated carbocycles. The van der Waals surface area contributed by atoms with Crippen LogP contribution in [0.3, 0.4) is 0 Å². The van der Waals surface area contributed by atoms with Crippen LogP contribution in [0.25, 0.3) is 0 Å². The Morgan fingerprint density at radius 1 is 1.53 bits per heavy atom. The Morgan fingerprint density at radius 2 is 2.26 bits per heavy atom. The summed E-state index contributed by atoms with van der Waals surface area (Å²) in [5.41, 5.74) is 0.912. The second-order valence-corrected chi connectivity index (χ2v) is 4.32. The Labute approximate surface area is 109 Å². The molecule has 0 saturated heterocycles. The molecule has 0 fully saturated rings. The molecule has 0 spiro atoms. The molecule has 0 radical (unpaired) electrons. The van der Waals surface area contributed by atoms with Crippen molar-refractivity contribution in [1.82, 2.24) is 9.78 Å². The monoisotopic (exact) mass is 263 g/mol. The molecule has 2 rings (SSSR count). The zero-order valence-electron chi connectivity index (χ0n) is 10.7. The summed E-state index contributed by atoms with van der Waals surface area (Å²) in [6.45, 7) is 0.384. The molecule has 5 nitrogen and oxygen atoms in total. The number of para-hydroxylation sites is 1. The largest absolute Gasteiger partial charge is 0.478 e. The third kappa shape index (κ3) is 2.73. The summed E-state index contributed by atoms with van der Waals surface area (Å²) >= 11 is 0. The minimum Gasteiger partial charge on any atom is -0.478 e. The van der Waals surface area contributed by atoms with Crippen LogP contribution in [-0.4, -0.2) is 27.9 Å². The first-order valence-corrected chi connectivity index (χ1v) is 5.69. The number of carboxylic acids is 1. The van der Waals surface area contributed by atoms with Crippen molar-refractivity contribution in [3.05, 3.63) is 47.5 Å². The first-order chi connectivity index (χ1) is 8.99. The van der Waals surface area contributed by atoms with Crippen LogP contribution in [0, 0.1) is 5.82 Å². The highest BCUT2D eigenvalue weighted by Crippen LogP contribution is 2.24.